The van der Waals surface area contributed by atoms with Gasteiger partial charge in [0, 0.05) is 19.8 Å². The summed E-state index contributed by atoms with van der Waals surface area (Å²) in [6.07, 6.45) is 2.57. The number of hydrogen-bond acceptors (Lipinski definition) is 1. The van der Waals surface area contributed by atoms with E-state index in [1.54, 1.807) is 11.1 Å². The standard InChI is InChI=1S/C17H27N/c1-12-10-13-14(11-15(12)18(6)7)17(4,5)9-8-16(13,2)3/h10-11H,8-9H2,1-7H3. The highest BCUT2D eigenvalue weighted by Crippen LogP contribution is 2.47. The number of anilines is 1. The van der Waals surface area contributed by atoms with E-state index in [0.717, 1.165) is 0 Å². The Balaban J connectivity index is 2.69. The molecular formula is C17H27N. The molecule has 100 valence electrons. The number of hydrogen-bond donors (Lipinski definition) is 0. The van der Waals surface area contributed by atoms with Crippen LogP contribution in [0.5, 0.6) is 0 Å². The third-order valence-electron chi connectivity index (χ3n) is 4.65. The molecule has 0 heterocycles. The van der Waals surface area contributed by atoms with E-state index in [1.165, 1.54) is 24.1 Å². The Morgan fingerprint density at radius 3 is 1.78 bits per heavy atom. The molecule has 0 amide bonds. The summed E-state index contributed by atoms with van der Waals surface area (Å²) in [5.74, 6) is 0. The van der Waals surface area contributed by atoms with Crippen LogP contribution in [-0.4, -0.2) is 14.1 Å². The highest BCUT2D eigenvalue weighted by Gasteiger charge is 2.37. The van der Waals surface area contributed by atoms with Gasteiger partial charge in [-0.25, -0.2) is 0 Å². The Morgan fingerprint density at radius 1 is 0.889 bits per heavy atom. The van der Waals surface area contributed by atoms with E-state index in [2.05, 4.69) is 65.7 Å². The Labute approximate surface area is 112 Å². The topological polar surface area (TPSA) is 3.24 Å². The van der Waals surface area contributed by atoms with E-state index >= 15 is 0 Å². The van der Waals surface area contributed by atoms with Crippen molar-refractivity contribution in [2.24, 2.45) is 0 Å². The van der Waals surface area contributed by atoms with Gasteiger partial charge in [-0.05, 0) is 53.4 Å². The average Bonchev–Trinajstić information content (AvgIpc) is 2.24. The number of rotatable bonds is 1. The van der Waals surface area contributed by atoms with Crippen LogP contribution in [0.25, 0.3) is 0 Å². The Kier molecular flexibility index (Phi) is 3.00. The van der Waals surface area contributed by atoms with Crippen molar-refractivity contribution in [3.63, 3.8) is 0 Å². The third-order valence-corrected chi connectivity index (χ3v) is 4.65. The Bertz CT molecular complexity index is 467. The van der Waals surface area contributed by atoms with Crippen molar-refractivity contribution in [3.8, 4) is 0 Å². The van der Waals surface area contributed by atoms with Crippen LogP contribution in [0.2, 0.25) is 0 Å². The summed E-state index contributed by atoms with van der Waals surface area (Å²) in [6.45, 7) is 11.8. The van der Waals surface area contributed by atoms with Gasteiger partial charge >= 0.3 is 0 Å². The van der Waals surface area contributed by atoms with E-state index in [0.29, 0.717) is 10.8 Å². The monoisotopic (exact) mass is 245 g/mol. The molecule has 1 aromatic rings. The molecule has 1 aliphatic carbocycles. The van der Waals surface area contributed by atoms with Gasteiger partial charge in [0.15, 0.2) is 0 Å². The van der Waals surface area contributed by atoms with E-state index in [-0.39, 0.29) is 0 Å². The maximum Gasteiger partial charge on any atom is 0.0393 e. The van der Waals surface area contributed by atoms with Crippen LogP contribution >= 0.6 is 0 Å². The SMILES string of the molecule is Cc1cc2c(cc1N(C)C)C(C)(C)CCC2(C)C. The maximum absolute atomic E-state index is 2.42. The zero-order valence-corrected chi connectivity index (χ0v) is 13.0. The molecule has 0 unspecified atom stereocenters. The van der Waals surface area contributed by atoms with Gasteiger partial charge in [-0.1, -0.05) is 33.8 Å². The van der Waals surface area contributed by atoms with E-state index in [1.807, 2.05) is 0 Å². The van der Waals surface area contributed by atoms with Gasteiger partial charge < -0.3 is 4.90 Å². The van der Waals surface area contributed by atoms with Crippen molar-refractivity contribution in [3.05, 3.63) is 28.8 Å². The predicted octanol–water partition coefficient (Wildman–Crippen LogP) is 4.41. The second kappa shape index (κ2) is 4.01. The lowest BCUT2D eigenvalue weighted by Crippen LogP contribution is -2.34. The Morgan fingerprint density at radius 2 is 1.33 bits per heavy atom. The summed E-state index contributed by atoms with van der Waals surface area (Å²) in [6, 6.07) is 4.84. The van der Waals surface area contributed by atoms with Crippen LogP contribution in [0.4, 0.5) is 5.69 Å². The zero-order valence-electron chi connectivity index (χ0n) is 13.0. The molecule has 1 nitrogen and oxygen atoms in total. The fourth-order valence-electron chi connectivity index (χ4n) is 3.19. The molecule has 0 spiro atoms. The minimum Gasteiger partial charge on any atom is -0.377 e. The smallest absolute Gasteiger partial charge is 0.0393 e. The third kappa shape index (κ3) is 2.04. The molecule has 0 atom stereocenters. The molecule has 1 heteroatoms. The first-order valence-electron chi connectivity index (χ1n) is 6.98. The molecule has 0 saturated carbocycles. The molecule has 0 aromatic heterocycles. The van der Waals surface area contributed by atoms with Gasteiger partial charge in [0.05, 0.1) is 0 Å². The van der Waals surface area contributed by atoms with Crippen molar-refractivity contribution >= 4 is 5.69 Å². The van der Waals surface area contributed by atoms with Crippen LogP contribution in [-0.2, 0) is 10.8 Å². The summed E-state index contributed by atoms with van der Waals surface area (Å²) >= 11 is 0. The van der Waals surface area contributed by atoms with Crippen LogP contribution in [0, 0.1) is 6.92 Å². The fraction of sp³-hybridized carbons (Fsp3) is 0.647. The largest absolute Gasteiger partial charge is 0.377 e. The quantitative estimate of drug-likeness (QED) is 0.708. The number of aryl methyl sites for hydroxylation is 1. The highest BCUT2D eigenvalue weighted by molar-refractivity contribution is 5.59. The molecule has 18 heavy (non-hydrogen) atoms. The van der Waals surface area contributed by atoms with E-state index in [9.17, 15) is 0 Å². The van der Waals surface area contributed by atoms with Crippen LogP contribution in [0.15, 0.2) is 12.1 Å². The number of benzene rings is 1. The normalized spacial score (nSPS) is 20.4. The van der Waals surface area contributed by atoms with Crippen molar-refractivity contribution in [1.82, 2.24) is 0 Å². The first kappa shape index (κ1) is 13.5. The summed E-state index contributed by atoms with van der Waals surface area (Å²) in [7, 11) is 4.27. The second-order valence-corrected chi connectivity index (χ2v) is 7.35. The molecule has 0 bridgehead atoms. The van der Waals surface area contributed by atoms with E-state index in [4.69, 9.17) is 0 Å². The minimum atomic E-state index is 0.309. The summed E-state index contributed by atoms with van der Waals surface area (Å²) in [4.78, 5) is 2.23. The summed E-state index contributed by atoms with van der Waals surface area (Å²) < 4.78 is 0. The first-order chi connectivity index (χ1) is 8.15. The minimum absolute atomic E-state index is 0.309. The maximum atomic E-state index is 2.42. The van der Waals surface area contributed by atoms with Gasteiger partial charge in [0.1, 0.15) is 0 Å². The zero-order chi connectivity index (χ0) is 13.7. The molecule has 0 aliphatic heterocycles. The van der Waals surface area contributed by atoms with Crippen molar-refractivity contribution in [1.29, 1.82) is 0 Å². The molecule has 1 aliphatic rings. The Hall–Kier alpha value is -0.980. The van der Waals surface area contributed by atoms with Gasteiger partial charge in [-0.2, -0.15) is 0 Å². The summed E-state index contributed by atoms with van der Waals surface area (Å²) in [5, 5.41) is 0. The number of fused-ring (bicyclic) bond motifs is 1. The predicted molar refractivity (Wildman–Crippen MR) is 80.8 cm³/mol. The van der Waals surface area contributed by atoms with Crippen LogP contribution in [0.3, 0.4) is 0 Å². The van der Waals surface area contributed by atoms with Crippen molar-refractivity contribution < 1.29 is 0 Å². The van der Waals surface area contributed by atoms with Crippen molar-refractivity contribution in [2.75, 3.05) is 19.0 Å². The molecule has 0 radical (unpaired) electrons. The van der Waals surface area contributed by atoms with Gasteiger partial charge in [0.25, 0.3) is 0 Å². The first-order valence-corrected chi connectivity index (χ1v) is 6.98. The van der Waals surface area contributed by atoms with E-state index < -0.39 is 0 Å². The molecule has 0 N–H and O–H groups in total. The molecule has 0 fully saturated rings. The lowest BCUT2D eigenvalue weighted by Gasteiger charge is -2.42. The lowest BCUT2D eigenvalue weighted by atomic mass is 9.63. The van der Waals surface area contributed by atoms with Gasteiger partial charge in [0.2, 0.25) is 0 Å². The number of nitrogens with zero attached hydrogens (tertiary/aromatic N) is 1. The van der Waals surface area contributed by atoms with Gasteiger partial charge in [-0.15, -0.1) is 0 Å². The molecule has 1 aromatic carbocycles. The molecule has 2 rings (SSSR count). The fourth-order valence-corrected chi connectivity index (χ4v) is 3.19. The van der Waals surface area contributed by atoms with Crippen LogP contribution in [0.1, 0.15) is 57.2 Å². The van der Waals surface area contributed by atoms with Gasteiger partial charge in [-0.3, -0.25) is 0 Å². The lowest BCUT2D eigenvalue weighted by molar-refractivity contribution is 0.332. The summed E-state index contributed by atoms with van der Waals surface area (Å²) in [5.41, 5.74) is 6.49. The van der Waals surface area contributed by atoms with Crippen molar-refractivity contribution in [2.45, 2.75) is 58.3 Å². The molecular weight excluding hydrogens is 218 g/mol. The second-order valence-electron chi connectivity index (χ2n) is 7.35. The highest BCUT2D eigenvalue weighted by atomic mass is 15.1. The average molecular weight is 245 g/mol. The van der Waals surface area contributed by atoms with Crippen LogP contribution < -0.4 is 4.90 Å². The molecule has 0 saturated heterocycles.